The molecule has 0 bridgehead atoms. The normalized spacial score (nSPS) is 20.9. The highest BCUT2D eigenvalue weighted by Gasteiger charge is 2.22. The van der Waals surface area contributed by atoms with Gasteiger partial charge >= 0.3 is 0 Å². The predicted molar refractivity (Wildman–Crippen MR) is 83.9 cm³/mol. The Morgan fingerprint density at radius 2 is 1.90 bits per heavy atom. The summed E-state index contributed by atoms with van der Waals surface area (Å²) in [6.45, 7) is 6.23. The van der Waals surface area contributed by atoms with E-state index in [2.05, 4.69) is 24.1 Å². The van der Waals surface area contributed by atoms with Gasteiger partial charge < -0.3 is 16.0 Å². The Balaban J connectivity index is 1.97. The number of benzene rings is 1. The molecule has 3 N–H and O–H groups in total. The molecule has 20 heavy (non-hydrogen) atoms. The van der Waals surface area contributed by atoms with E-state index in [1.54, 1.807) is 0 Å². The minimum absolute atomic E-state index is 0.00999. The fourth-order valence-electron chi connectivity index (χ4n) is 2.50. The minimum atomic E-state index is -0.104. The summed E-state index contributed by atoms with van der Waals surface area (Å²) >= 11 is 0. The molecule has 2 atom stereocenters. The lowest BCUT2D eigenvalue weighted by atomic mass is 10.1. The fraction of sp³-hybridized carbons (Fsp3) is 0.438. The van der Waals surface area contributed by atoms with E-state index in [0.29, 0.717) is 6.42 Å². The van der Waals surface area contributed by atoms with E-state index < -0.39 is 0 Å². The van der Waals surface area contributed by atoms with Gasteiger partial charge in [0.15, 0.2) is 0 Å². The molecule has 108 valence electrons. The molecule has 0 spiro atoms. The predicted octanol–water partition coefficient (Wildman–Crippen LogP) is 2.37. The molecule has 4 heteroatoms. The van der Waals surface area contributed by atoms with E-state index in [4.69, 9.17) is 5.73 Å². The Labute approximate surface area is 120 Å². The second-order valence-corrected chi connectivity index (χ2v) is 5.10. The first-order valence-corrected chi connectivity index (χ1v) is 7.23. The summed E-state index contributed by atoms with van der Waals surface area (Å²) in [4.78, 5) is 14.3. The van der Waals surface area contributed by atoms with Gasteiger partial charge in [0.2, 0.25) is 5.91 Å². The van der Waals surface area contributed by atoms with Gasteiger partial charge in [-0.05, 0) is 44.5 Å². The zero-order valence-corrected chi connectivity index (χ0v) is 12.2. The van der Waals surface area contributed by atoms with E-state index >= 15 is 0 Å². The van der Waals surface area contributed by atoms with Crippen molar-refractivity contribution in [1.29, 1.82) is 0 Å². The molecule has 1 aromatic rings. The van der Waals surface area contributed by atoms with Crippen LogP contribution in [0.1, 0.15) is 20.3 Å². The summed E-state index contributed by atoms with van der Waals surface area (Å²) in [5.74, 6) is -0.0859. The number of carbonyl (C=O) groups is 1. The molecule has 0 heterocycles. The van der Waals surface area contributed by atoms with Gasteiger partial charge in [-0.2, -0.15) is 0 Å². The molecule has 0 fully saturated rings. The number of nitrogens with zero attached hydrogens (tertiary/aromatic N) is 1. The average Bonchev–Trinajstić information content (AvgIpc) is 2.89. The lowest BCUT2D eigenvalue weighted by Gasteiger charge is -2.21. The number of nitrogens with two attached hydrogens (primary N) is 1. The summed E-state index contributed by atoms with van der Waals surface area (Å²) in [5.41, 5.74) is 7.78. The van der Waals surface area contributed by atoms with E-state index in [-0.39, 0.29) is 17.9 Å². The summed E-state index contributed by atoms with van der Waals surface area (Å²) in [7, 11) is 0. The maximum atomic E-state index is 12.1. The highest BCUT2D eigenvalue weighted by atomic mass is 16.1. The van der Waals surface area contributed by atoms with Crippen LogP contribution in [-0.2, 0) is 4.79 Å². The number of hydrogen-bond acceptors (Lipinski definition) is 3. The fourth-order valence-corrected chi connectivity index (χ4v) is 2.50. The van der Waals surface area contributed by atoms with Crippen LogP contribution in [0.25, 0.3) is 0 Å². The molecule has 1 amide bonds. The van der Waals surface area contributed by atoms with E-state index in [0.717, 1.165) is 18.8 Å². The second-order valence-electron chi connectivity index (χ2n) is 5.10. The van der Waals surface area contributed by atoms with Crippen LogP contribution in [0.3, 0.4) is 0 Å². The lowest BCUT2D eigenvalue weighted by Crippen LogP contribution is -2.24. The van der Waals surface area contributed by atoms with Crippen molar-refractivity contribution in [2.45, 2.75) is 26.3 Å². The van der Waals surface area contributed by atoms with Crippen LogP contribution in [0, 0.1) is 5.92 Å². The molecular weight excluding hydrogens is 250 g/mol. The third-order valence-electron chi connectivity index (χ3n) is 3.72. The molecule has 0 aliphatic heterocycles. The zero-order valence-electron chi connectivity index (χ0n) is 12.2. The van der Waals surface area contributed by atoms with Crippen LogP contribution in [-0.4, -0.2) is 25.0 Å². The van der Waals surface area contributed by atoms with Crippen molar-refractivity contribution >= 4 is 17.3 Å². The zero-order chi connectivity index (χ0) is 14.5. The highest BCUT2D eigenvalue weighted by Crippen LogP contribution is 2.21. The quantitative estimate of drug-likeness (QED) is 0.810. The van der Waals surface area contributed by atoms with Gasteiger partial charge in [0.1, 0.15) is 0 Å². The number of anilines is 2. The van der Waals surface area contributed by atoms with Crippen LogP contribution in [0.4, 0.5) is 11.4 Å². The van der Waals surface area contributed by atoms with Crippen LogP contribution in [0.5, 0.6) is 0 Å². The van der Waals surface area contributed by atoms with Gasteiger partial charge in [0, 0.05) is 30.5 Å². The number of hydrogen-bond donors (Lipinski definition) is 2. The first kappa shape index (κ1) is 14.6. The van der Waals surface area contributed by atoms with Crippen molar-refractivity contribution in [1.82, 2.24) is 0 Å². The SMILES string of the molecule is CCN(CC)c1ccc(NC(=O)C2C=CC(N)C2)cc1. The summed E-state index contributed by atoms with van der Waals surface area (Å²) in [6, 6.07) is 7.99. The van der Waals surface area contributed by atoms with Crippen molar-refractivity contribution in [2.24, 2.45) is 11.7 Å². The van der Waals surface area contributed by atoms with Gasteiger partial charge in [-0.3, -0.25) is 4.79 Å². The molecule has 1 aromatic carbocycles. The maximum Gasteiger partial charge on any atom is 0.231 e. The van der Waals surface area contributed by atoms with Crippen LogP contribution < -0.4 is 16.0 Å². The standard InChI is InChI=1S/C16H23N3O/c1-3-19(4-2)15-9-7-14(8-10-15)18-16(20)12-5-6-13(17)11-12/h5-10,12-13H,3-4,11,17H2,1-2H3,(H,18,20). The maximum absolute atomic E-state index is 12.1. The molecule has 0 aromatic heterocycles. The Hall–Kier alpha value is -1.81. The molecule has 0 radical (unpaired) electrons. The molecule has 1 aliphatic rings. The molecule has 4 nitrogen and oxygen atoms in total. The smallest absolute Gasteiger partial charge is 0.231 e. The number of rotatable bonds is 5. The topological polar surface area (TPSA) is 58.4 Å². The lowest BCUT2D eigenvalue weighted by molar-refractivity contribution is -0.118. The Morgan fingerprint density at radius 3 is 2.40 bits per heavy atom. The van der Waals surface area contributed by atoms with E-state index in [9.17, 15) is 4.79 Å². The summed E-state index contributed by atoms with van der Waals surface area (Å²) in [6.07, 6.45) is 4.49. The van der Waals surface area contributed by atoms with E-state index in [1.807, 2.05) is 36.4 Å². The molecule has 0 saturated carbocycles. The second kappa shape index (κ2) is 6.57. The van der Waals surface area contributed by atoms with Gasteiger partial charge in [-0.25, -0.2) is 0 Å². The molecule has 2 rings (SSSR count). The van der Waals surface area contributed by atoms with Crippen LogP contribution in [0.15, 0.2) is 36.4 Å². The number of amides is 1. The minimum Gasteiger partial charge on any atom is -0.372 e. The summed E-state index contributed by atoms with van der Waals surface area (Å²) in [5, 5.41) is 2.94. The third-order valence-corrected chi connectivity index (χ3v) is 3.72. The molecule has 2 unspecified atom stereocenters. The summed E-state index contributed by atoms with van der Waals surface area (Å²) < 4.78 is 0. The monoisotopic (exact) mass is 273 g/mol. The first-order chi connectivity index (χ1) is 9.63. The van der Waals surface area contributed by atoms with Crippen LogP contribution in [0.2, 0.25) is 0 Å². The van der Waals surface area contributed by atoms with E-state index in [1.165, 1.54) is 5.69 Å². The van der Waals surface area contributed by atoms with Gasteiger partial charge in [-0.15, -0.1) is 0 Å². The average molecular weight is 273 g/mol. The first-order valence-electron chi connectivity index (χ1n) is 7.23. The molecular formula is C16H23N3O. The largest absolute Gasteiger partial charge is 0.372 e. The number of carbonyl (C=O) groups excluding carboxylic acids is 1. The third kappa shape index (κ3) is 3.39. The molecule has 0 saturated heterocycles. The van der Waals surface area contributed by atoms with Gasteiger partial charge in [0.25, 0.3) is 0 Å². The highest BCUT2D eigenvalue weighted by molar-refractivity contribution is 5.94. The van der Waals surface area contributed by atoms with Crippen molar-refractivity contribution in [3.05, 3.63) is 36.4 Å². The van der Waals surface area contributed by atoms with Crippen molar-refractivity contribution in [3.63, 3.8) is 0 Å². The van der Waals surface area contributed by atoms with Crippen molar-refractivity contribution in [2.75, 3.05) is 23.3 Å². The Kier molecular flexibility index (Phi) is 4.79. The van der Waals surface area contributed by atoms with Crippen LogP contribution >= 0.6 is 0 Å². The van der Waals surface area contributed by atoms with Gasteiger partial charge in [0.05, 0.1) is 5.92 Å². The van der Waals surface area contributed by atoms with Crippen molar-refractivity contribution in [3.8, 4) is 0 Å². The Morgan fingerprint density at radius 1 is 1.25 bits per heavy atom. The Bertz CT molecular complexity index is 477. The van der Waals surface area contributed by atoms with Crippen molar-refractivity contribution < 1.29 is 4.79 Å². The molecule has 1 aliphatic carbocycles. The van der Waals surface area contributed by atoms with Gasteiger partial charge in [-0.1, -0.05) is 12.2 Å². The number of nitrogens with one attached hydrogen (secondary N) is 1.